The molecule has 5 N–H and O–H groups in total. The Balaban J connectivity index is 2.34. The topological polar surface area (TPSA) is 136 Å². The predicted octanol–water partition coefficient (Wildman–Crippen LogP) is 2.38. The molecule has 8 nitrogen and oxygen atoms in total. The standard InChI is InChI=1S/C21H22N2O6/c1-4-29-16-6-5-12(9-13(16)24)17(18-14(25)7-10(2)22-20(18)27)19-15(26)8-11(3)23-21(19)28/h5-9,17,24H,4H2,1-3H3,(H2,22,25,27)(H2,23,26,28). The molecular formula is C21H22N2O6. The lowest BCUT2D eigenvalue weighted by Crippen LogP contribution is -2.24. The summed E-state index contributed by atoms with van der Waals surface area (Å²) in [5.74, 6) is -1.75. The van der Waals surface area contributed by atoms with E-state index in [-0.39, 0.29) is 34.1 Å². The summed E-state index contributed by atoms with van der Waals surface area (Å²) >= 11 is 0. The lowest BCUT2D eigenvalue weighted by molar-refractivity contribution is 0.318. The zero-order valence-electron chi connectivity index (χ0n) is 16.2. The summed E-state index contributed by atoms with van der Waals surface area (Å²) in [5, 5.41) is 31.3. The van der Waals surface area contributed by atoms with E-state index in [0.717, 1.165) is 0 Å². The van der Waals surface area contributed by atoms with Gasteiger partial charge in [-0.15, -0.1) is 0 Å². The molecule has 0 radical (unpaired) electrons. The fraction of sp³-hybridized carbons (Fsp3) is 0.238. The van der Waals surface area contributed by atoms with Crippen molar-refractivity contribution in [1.29, 1.82) is 0 Å². The average molecular weight is 398 g/mol. The monoisotopic (exact) mass is 398 g/mol. The van der Waals surface area contributed by atoms with E-state index in [0.29, 0.717) is 23.6 Å². The van der Waals surface area contributed by atoms with Crippen LogP contribution in [0.25, 0.3) is 0 Å². The molecule has 0 bridgehead atoms. The van der Waals surface area contributed by atoms with E-state index in [1.165, 1.54) is 24.3 Å². The number of H-pyrrole nitrogens is 2. The van der Waals surface area contributed by atoms with E-state index >= 15 is 0 Å². The van der Waals surface area contributed by atoms with Gasteiger partial charge in [0.25, 0.3) is 11.1 Å². The van der Waals surface area contributed by atoms with Gasteiger partial charge in [0.15, 0.2) is 11.5 Å². The maximum Gasteiger partial charge on any atom is 0.256 e. The molecule has 2 aromatic heterocycles. The minimum absolute atomic E-state index is 0.121. The molecule has 0 saturated heterocycles. The van der Waals surface area contributed by atoms with Gasteiger partial charge in [-0.25, -0.2) is 0 Å². The first-order valence-corrected chi connectivity index (χ1v) is 9.04. The number of phenolic OH excluding ortho intramolecular Hbond substituents is 1. The van der Waals surface area contributed by atoms with Gasteiger partial charge in [-0.2, -0.15) is 0 Å². The lowest BCUT2D eigenvalue weighted by Gasteiger charge is -2.20. The Morgan fingerprint density at radius 3 is 1.79 bits per heavy atom. The summed E-state index contributed by atoms with van der Waals surface area (Å²) in [6, 6.07) is 7.12. The Bertz CT molecular complexity index is 1110. The molecule has 0 saturated carbocycles. The molecule has 0 aliphatic carbocycles. The van der Waals surface area contributed by atoms with E-state index in [1.807, 2.05) is 0 Å². The van der Waals surface area contributed by atoms with E-state index in [1.54, 1.807) is 26.8 Å². The number of hydrogen-bond acceptors (Lipinski definition) is 6. The Hall–Kier alpha value is -3.68. The fourth-order valence-corrected chi connectivity index (χ4v) is 3.39. The third kappa shape index (κ3) is 3.82. The highest BCUT2D eigenvalue weighted by molar-refractivity contribution is 5.54. The van der Waals surface area contributed by atoms with Crippen molar-refractivity contribution in [1.82, 2.24) is 9.97 Å². The molecule has 3 rings (SSSR count). The van der Waals surface area contributed by atoms with Crippen molar-refractivity contribution >= 4 is 0 Å². The molecule has 2 heterocycles. The molecule has 0 amide bonds. The first-order chi connectivity index (χ1) is 13.7. The number of rotatable bonds is 5. The second kappa shape index (κ2) is 7.75. The van der Waals surface area contributed by atoms with Crippen LogP contribution in [0.2, 0.25) is 0 Å². The van der Waals surface area contributed by atoms with E-state index < -0.39 is 17.0 Å². The lowest BCUT2D eigenvalue weighted by atomic mass is 9.85. The van der Waals surface area contributed by atoms with Crippen molar-refractivity contribution in [3.05, 3.63) is 79.1 Å². The zero-order chi connectivity index (χ0) is 21.3. The highest BCUT2D eigenvalue weighted by atomic mass is 16.5. The van der Waals surface area contributed by atoms with Gasteiger partial charge < -0.3 is 30.0 Å². The van der Waals surface area contributed by atoms with Crippen molar-refractivity contribution < 1.29 is 20.1 Å². The van der Waals surface area contributed by atoms with E-state index in [2.05, 4.69) is 9.97 Å². The normalized spacial score (nSPS) is 11.0. The third-order valence-corrected chi connectivity index (χ3v) is 4.56. The van der Waals surface area contributed by atoms with Crippen LogP contribution in [0.15, 0.2) is 39.9 Å². The second-order valence-corrected chi connectivity index (χ2v) is 6.75. The third-order valence-electron chi connectivity index (χ3n) is 4.56. The van der Waals surface area contributed by atoms with Crippen LogP contribution in [-0.4, -0.2) is 31.9 Å². The number of aryl methyl sites for hydroxylation is 2. The first-order valence-electron chi connectivity index (χ1n) is 9.04. The zero-order valence-corrected chi connectivity index (χ0v) is 16.2. The van der Waals surface area contributed by atoms with Gasteiger partial charge >= 0.3 is 0 Å². The largest absolute Gasteiger partial charge is 0.507 e. The van der Waals surface area contributed by atoms with Crippen LogP contribution < -0.4 is 15.9 Å². The number of aromatic amines is 2. The molecule has 1 aromatic carbocycles. The Morgan fingerprint density at radius 2 is 1.38 bits per heavy atom. The van der Waals surface area contributed by atoms with E-state index in [4.69, 9.17) is 4.74 Å². The number of phenols is 1. The maximum atomic E-state index is 12.7. The Morgan fingerprint density at radius 1 is 0.862 bits per heavy atom. The summed E-state index contributed by atoms with van der Waals surface area (Å²) in [6.07, 6.45) is 0. The minimum atomic E-state index is -1.13. The number of ether oxygens (including phenoxy) is 1. The van der Waals surface area contributed by atoms with Gasteiger partial charge in [0.05, 0.1) is 23.7 Å². The van der Waals surface area contributed by atoms with Crippen LogP contribution in [-0.2, 0) is 0 Å². The molecule has 3 aromatic rings. The Labute approximate surface area is 166 Å². The Kier molecular flexibility index (Phi) is 5.36. The van der Waals surface area contributed by atoms with E-state index in [9.17, 15) is 24.9 Å². The maximum absolute atomic E-state index is 12.7. The number of aromatic hydroxyl groups is 3. The smallest absolute Gasteiger partial charge is 0.256 e. The van der Waals surface area contributed by atoms with Gasteiger partial charge in [0.2, 0.25) is 0 Å². The van der Waals surface area contributed by atoms with Crippen LogP contribution in [0.4, 0.5) is 0 Å². The van der Waals surface area contributed by atoms with Crippen molar-refractivity contribution in [3.8, 4) is 23.0 Å². The second-order valence-electron chi connectivity index (χ2n) is 6.75. The highest BCUT2D eigenvalue weighted by Gasteiger charge is 2.29. The number of nitrogens with one attached hydrogen (secondary N) is 2. The molecule has 0 aliphatic heterocycles. The molecule has 152 valence electrons. The van der Waals surface area contributed by atoms with Gasteiger partial charge in [-0.05, 0) is 50.6 Å². The quantitative estimate of drug-likeness (QED) is 0.448. The molecule has 29 heavy (non-hydrogen) atoms. The highest BCUT2D eigenvalue weighted by Crippen LogP contribution is 2.39. The molecule has 0 fully saturated rings. The SMILES string of the molecule is CCOc1ccc(C(c2c(O)cc(C)[nH]c2=O)c2c(O)cc(C)[nH]c2=O)cc1O. The van der Waals surface area contributed by atoms with Crippen LogP contribution >= 0.6 is 0 Å². The summed E-state index contributed by atoms with van der Waals surface area (Å²) in [7, 11) is 0. The summed E-state index contributed by atoms with van der Waals surface area (Å²) in [6.45, 7) is 5.33. The van der Waals surface area contributed by atoms with Crippen molar-refractivity contribution in [2.24, 2.45) is 0 Å². The summed E-state index contributed by atoms with van der Waals surface area (Å²) in [5.41, 5.74) is -0.272. The number of pyridine rings is 2. The molecule has 0 atom stereocenters. The van der Waals surface area contributed by atoms with Crippen LogP contribution in [0.3, 0.4) is 0 Å². The van der Waals surface area contributed by atoms with Gasteiger partial charge in [-0.1, -0.05) is 6.07 Å². The van der Waals surface area contributed by atoms with Crippen molar-refractivity contribution in [2.45, 2.75) is 26.7 Å². The van der Waals surface area contributed by atoms with Gasteiger partial charge in [0.1, 0.15) is 11.5 Å². The molecule has 8 heteroatoms. The average Bonchev–Trinajstić information content (AvgIpc) is 2.60. The summed E-state index contributed by atoms with van der Waals surface area (Å²) in [4.78, 5) is 30.6. The first kappa shape index (κ1) is 20.1. The number of hydrogen-bond donors (Lipinski definition) is 5. The van der Waals surface area contributed by atoms with Crippen LogP contribution in [0.1, 0.15) is 40.9 Å². The predicted molar refractivity (Wildman–Crippen MR) is 107 cm³/mol. The minimum Gasteiger partial charge on any atom is -0.507 e. The molecule has 0 aliphatic rings. The fourth-order valence-electron chi connectivity index (χ4n) is 3.39. The van der Waals surface area contributed by atoms with Gasteiger partial charge in [-0.3, -0.25) is 9.59 Å². The van der Waals surface area contributed by atoms with Crippen molar-refractivity contribution in [2.75, 3.05) is 6.61 Å². The molecule has 0 unspecified atom stereocenters. The summed E-state index contributed by atoms with van der Waals surface area (Å²) < 4.78 is 5.32. The van der Waals surface area contributed by atoms with Crippen LogP contribution in [0.5, 0.6) is 23.0 Å². The number of aromatic nitrogens is 2. The molecule has 0 spiro atoms. The van der Waals surface area contributed by atoms with Gasteiger partial charge in [0, 0.05) is 11.4 Å². The number of benzene rings is 1. The molecular weight excluding hydrogens is 376 g/mol. The van der Waals surface area contributed by atoms with Crippen LogP contribution in [0, 0.1) is 13.8 Å². The van der Waals surface area contributed by atoms with Crippen molar-refractivity contribution in [3.63, 3.8) is 0 Å².